The van der Waals surface area contributed by atoms with Crippen molar-refractivity contribution >= 4 is 11.5 Å². The molecular formula is C17H25NO2. The van der Waals surface area contributed by atoms with E-state index in [1.807, 2.05) is 24.3 Å². The number of hydrogen-bond acceptors (Lipinski definition) is 3. The monoisotopic (exact) mass is 275 g/mol. The Morgan fingerprint density at radius 1 is 1.30 bits per heavy atom. The highest BCUT2D eigenvalue weighted by atomic mass is 16.3. The van der Waals surface area contributed by atoms with E-state index in [1.54, 1.807) is 6.92 Å². The molecule has 1 aliphatic rings. The predicted octanol–water partition coefficient (Wildman–Crippen LogP) is 3.63. The highest BCUT2D eigenvalue weighted by molar-refractivity contribution is 5.94. The fraction of sp³-hybridized carbons (Fsp3) is 0.588. The minimum atomic E-state index is -0.578. The van der Waals surface area contributed by atoms with Crippen LogP contribution in [-0.2, 0) is 0 Å². The summed E-state index contributed by atoms with van der Waals surface area (Å²) in [6.07, 6.45) is 5.22. The van der Waals surface area contributed by atoms with E-state index in [0.29, 0.717) is 6.54 Å². The second-order valence-electron chi connectivity index (χ2n) is 6.06. The Kier molecular flexibility index (Phi) is 4.81. The maximum atomic E-state index is 11.2. The number of Topliss-reactive ketones (excluding diaryl/α,β-unsaturated/α-hetero) is 1. The topological polar surface area (TPSA) is 49.3 Å². The molecule has 0 atom stereocenters. The molecule has 0 unspecified atom stereocenters. The molecule has 0 aromatic heterocycles. The van der Waals surface area contributed by atoms with Crippen molar-refractivity contribution in [2.45, 2.75) is 51.6 Å². The highest BCUT2D eigenvalue weighted by Crippen LogP contribution is 2.33. The van der Waals surface area contributed by atoms with Crippen LogP contribution in [-0.4, -0.2) is 23.0 Å². The minimum Gasteiger partial charge on any atom is -0.388 e. The van der Waals surface area contributed by atoms with Gasteiger partial charge in [0.2, 0.25) is 0 Å². The largest absolute Gasteiger partial charge is 0.388 e. The Hall–Kier alpha value is -1.35. The zero-order valence-electron chi connectivity index (χ0n) is 12.5. The van der Waals surface area contributed by atoms with E-state index >= 15 is 0 Å². The van der Waals surface area contributed by atoms with Crippen molar-refractivity contribution in [2.24, 2.45) is 5.92 Å². The summed E-state index contributed by atoms with van der Waals surface area (Å²) >= 11 is 0. The highest BCUT2D eigenvalue weighted by Gasteiger charge is 2.32. The van der Waals surface area contributed by atoms with Gasteiger partial charge in [0.05, 0.1) is 5.60 Å². The van der Waals surface area contributed by atoms with Crippen molar-refractivity contribution in [3.63, 3.8) is 0 Å². The summed E-state index contributed by atoms with van der Waals surface area (Å²) < 4.78 is 0. The van der Waals surface area contributed by atoms with Crippen LogP contribution in [0.2, 0.25) is 0 Å². The molecule has 0 heterocycles. The van der Waals surface area contributed by atoms with Crippen molar-refractivity contribution in [3.05, 3.63) is 29.8 Å². The van der Waals surface area contributed by atoms with Crippen molar-refractivity contribution in [1.29, 1.82) is 0 Å². The summed E-state index contributed by atoms with van der Waals surface area (Å²) in [4.78, 5) is 11.2. The lowest BCUT2D eigenvalue weighted by Crippen LogP contribution is -2.40. The fourth-order valence-electron chi connectivity index (χ4n) is 2.89. The second-order valence-corrected chi connectivity index (χ2v) is 6.06. The molecule has 3 heteroatoms. The molecule has 1 fully saturated rings. The van der Waals surface area contributed by atoms with Gasteiger partial charge in [0.1, 0.15) is 0 Å². The summed E-state index contributed by atoms with van der Waals surface area (Å²) in [5.74, 6) is 0.859. The van der Waals surface area contributed by atoms with Crippen LogP contribution >= 0.6 is 0 Å². The molecular weight excluding hydrogens is 250 g/mol. The van der Waals surface area contributed by atoms with Gasteiger partial charge in [-0.15, -0.1) is 0 Å². The number of ketones is 1. The Balaban J connectivity index is 1.87. The van der Waals surface area contributed by atoms with Crippen LogP contribution < -0.4 is 5.32 Å². The van der Waals surface area contributed by atoms with Gasteiger partial charge >= 0.3 is 0 Å². The van der Waals surface area contributed by atoms with E-state index in [2.05, 4.69) is 12.2 Å². The molecule has 110 valence electrons. The summed E-state index contributed by atoms with van der Waals surface area (Å²) in [5, 5.41) is 13.9. The van der Waals surface area contributed by atoms with Gasteiger partial charge in [-0.1, -0.05) is 13.3 Å². The van der Waals surface area contributed by atoms with E-state index in [9.17, 15) is 9.90 Å². The molecule has 0 radical (unpaired) electrons. The lowest BCUT2D eigenvalue weighted by Gasteiger charge is -2.36. The smallest absolute Gasteiger partial charge is 0.159 e. The molecule has 0 spiro atoms. The first-order valence-corrected chi connectivity index (χ1v) is 7.60. The average molecular weight is 275 g/mol. The third kappa shape index (κ3) is 3.83. The summed E-state index contributed by atoms with van der Waals surface area (Å²) in [5.41, 5.74) is 1.10. The normalized spacial score (nSPS) is 26.2. The first-order chi connectivity index (χ1) is 9.52. The number of rotatable bonds is 5. The minimum absolute atomic E-state index is 0.0769. The molecule has 1 aromatic rings. The van der Waals surface area contributed by atoms with Gasteiger partial charge in [0, 0.05) is 17.8 Å². The number of anilines is 1. The van der Waals surface area contributed by atoms with Crippen molar-refractivity contribution in [2.75, 3.05) is 11.9 Å². The maximum Gasteiger partial charge on any atom is 0.159 e. The Labute approximate surface area is 121 Å². The fourth-order valence-corrected chi connectivity index (χ4v) is 2.89. The summed E-state index contributed by atoms with van der Waals surface area (Å²) in [7, 11) is 0. The van der Waals surface area contributed by atoms with E-state index in [4.69, 9.17) is 0 Å². The molecule has 2 N–H and O–H groups in total. The number of carbonyl (C=O) groups is 1. The van der Waals surface area contributed by atoms with Crippen LogP contribution in [0.4, 0.5) is 5.69 Å². The van der Waals surface area contributed by atoms with Crippen LogP contribution in [0.1, 0.15) is 56.3 Å². The van der Waals surface area contributed by atoms with Crippen LogP contribution in [0.25, 0.3) is 0 Å². The van der Waals surface area contributed by atoms with Crippen molar-refractivity contribution in [3.8, 4) is 0 Å². The van der Waals surface area contributed by atoms with Gasteiger partial charge in [0.15, 0.2) is 5.78 Å². The molecule has 1 aromatic carbocycles. The van der Waals surface area contributed by atoms with Crippen LogP contribution in [0.5, 0.6) is 0 Å². The zero-order chi connectivity index (χ0) is 14.6. The number of benzene rings is 1. The Bertz CT molecular complexity index is 445. The van der Waals surface area contributed by atoms with Crippen molar-refractivity contribution < 1.29 is 9.90 Å². The van der Waals surface area contributed by atoms with Gasteiger partial charge in [0.25, 0.3) is 0 Å². The van der Waals surface area contributed by atoms with E-state index in [1.165, 1.54) is 6.42 Å². The van der Waals surface area contributed by atoms with Gasteiger partial charge in [-0.25, -0.2) is 0 Å². The Morgan fingerprint density at radius 3 is 2.40 bits per heavy atom. The van der Waals surface area contributed by atoms with Gasteiger partial charge in [-0.05, 0) is 62.8 Å². The molecule has 0 aliphatic heterocycles. The Morgan fingerprint density at radius 2 is 1.90 bits per heavy atom. The van der Waals surface area contributed by atoms with Crippen LogP contribution in [0.3, 0.4) is 0 Å². The second kappa shape index (κ2) is 6.40. The number of aliphatic hydroxyl groups is 1. The van der Waals surface area contributed by atoms with Crippen LogP contribution in [0, 0.1) is 5.92 Å². The van der Waals surface area contributed by atoms with Gasteiger partial charge in [-0.2, -0.15) is 0 Å². The maximum absolute atomic E-state index is 11.2. The van der Waals surface area contributed by atoms with E-state index < -0.39 is 5.60 Å². The number of hydrogen-bond donors (Lipinski definition) is 2. The molecule has 0 saturated heterocycles. The SMILES string of the molecule is CCC1CCC(O)(CNc2ccc(C(C)=O)cc2)CC1. The third-order valence-electron chi connectivity index (χ3n) is 4.53. The average Bonchev–Trinajstić information content (AvgIpc) is 2.46. The third-order valence-corrected chi connectivity index (χ3v) is 4.53. The van der Waals surface area contributed by atoms with Crippen molar-refractivity contribution in [1.82, 2.24) is 0 Å². The summed E-state index contributed by atoms with van der Waals surface area (Å²) in [6.45, 7) is 4.38. The van der Waals surface area contributed by atoms with E-state index in [0.717, 1.165) is 42.9 Å². The molecule has 2 rings (SSSR count). The number of nitrogens with one attached hydrogen (secondary N) is 1. The molecule has 1 aliphatic carbocycles. The molecule has 20 heavy (non-hydrogen) atoms. The predicted molar refractivity (Wildman–Crippen MR) is 82.1 cm³/mol. The molecule has 0 bridgehead atoms. The standard InChI is InChI=1S/C17H25NO2/c1-3-14-8-10-17(20,11-9-14)12-18-16-6-4-15(5-7-16)13(2)19/h4-7,14,18,20H,3,8-12H2,1-2H3. The first-order valence-electron chi connectivity index (χ1n) is 7.60. The zero-order valence-corrected chi connectivity index (χ0v) is 12.5. The number of carbonyl (C=O) groups excluding carboxylic acids is 1. The quantitative estimate of drug-likeness (QED) is 0.807. The molecule has 1 saturated carbocycles. The van der Waals surface area contributed by atoms with Gasteiger partial charge < -0.3 is 10.4 Å². The lowest BCUT2D eigenvalue weighted by atomic mass is 9.78. The van der Waals surface area contributed by atoms with Crippen LogP contribution in [0.15, 0.2) is 24.3 Å². The molecule has 3 nitrogen and oxygen atoms in total. The molecule has 0 amide bonds. The van der Waals surface area contributed by atoms with Gasteiger partial charge in [-0.3, -0.25) is 4.79 Å². The lowest BCUT2D eigenvalue weighted by molar-refractivity contribution is 0.00229. The summed E-state index contributed by atoms with van der Waals surface area (Å²) in [6, 6.07) is 7.45. The first kappa shape index (κ1) is 15.0. The van der Waals surface area contributed by atoms with E-state index in [-0.39, 0.29) is 5.78 Å².